The third kappa shape index (κ3) is 11.4. The van der Waals surface area contributed by atoms with E-state index in [9.17, 15) is 19.2 Å². The van der Waals surface area contributed by atoms with E-state index >= 15 is 0 Å². The van der Waals surface area contributed by atoms with E-state index in [1.807, 2.05) is 83.1 Å². The summed E-state index contributed by atoms with van der Waals surface area (Å²) in [5.41, 5.74) is -4.12. The second kappa shape index (κ2) is 14.6. The largest absolute Gasteiger partial charge is 0.444 e. The van der Waals surface area contributed by atoms with E-state index in [0.29, 0.717) is 32.1 Å². The van der Waals surface area contributed by atoms with Gasteiger partial charge in [0.25, 0.3) is 0 Å². The van der Waals surface area contributed by atoms with Crippen LogP contribution in [0.5, 0.6) is 0 Å². The third-order valence-corrected chi connectivity index (χ3v) is 8.89. The van der Waals surface area contributed by atoms with Crippen LogP contribution in [0.4, 0.5) is 0 Å². The first kappa shape index (κ1) is 42.0. The average Bonchev–Trinajstić information content (AvgIpc) is 3.69. The molecule has 2 fully saturated rings. The van der Waals surface area contributed by atoms with Gasteiger partial charge in [-0.3, -0.25) is 9.59 Å². The molecule has 0 aromatic rings. The lowest BCUT2D eigenvalue weighted by atomic mass is 9.66. The number of ketones is 1. The van der Waals surface area contributed by atoms with E-state index in [-0.39, 0.29) is 46.7 Å². The van der Waals surface area contributed by atoms with Crippen LogP contribution in [0, 0.1) is 21.7 Å². The fraction of sp³-hybridized carbons (Fsp3) is 0.889. The summed E-state index contributed by atoms with van der Waals surface area (Å²) in [6, 6.07) is -0.469. The molecule has 2 saturated heterocycles. The molecule has 4 atom stereocenters. The first-order valence-corrected chi connectivity index (χ1v) is 16.8. The molecule has 258 valence electrons. The summed E-state index contributed by atoms with van der Waals surface area (Å²) in [4.78, 5) is 50.8. The zero-order valence-electron chi connectivity index (χ0n) is 31.6. The van der Waals surface area contributed by atoms with Gasteiger partial charge in [-0.2, -0.15) is 0 Å². The van der Waals surface area contributed by atoms with Gasteiger partial charge in [-0.1, -0.05) is 90.0 Å². The van der Waals surface area contributed by atoms with Crippen LogP contribution in [-0.4, -0.2) is 52.5 Å². The molecule has 0 aromatic heterocycles. The van der Waals surface area contributed by atoms with Gasteiger partial charge in [0.05, 0.1) is 0 Å². The zero-order chi connectivity index (χ0) is 35.3. The van der Waals surface area contributed by atoms with Crippen LogP contribution in [0.1, 0.15) is 157 Å². The predicted octanol–water partition coefficient (Wildman–Crippen LogP) is 7.56. The standard InChI is InChI=1S/C32H56N2O6.2C2H6/c1-15-22(35)29(9,10)18-27(5,6)20(16-31(13)24(37)39-31)33-23(36)30(11,12)19-28(7,8)21(34-26(2,3)4)17-32(14)25(38)40-32;2*1-2/h20-21,34H,15-19H2,1-14H3,(H,33,36);2*1-2H3. The molecule has 8 heteroatoms. The molecule has 2 aliphatic rings. The average molecular weight is 625 g/mol. The minimum absolute atomic E-state index is 0.0829. The van der Waals surface area contributed by atoms with Crippen LogP contribution >= 0.6 is 0 Å². The highest BCUT2D eigenvalue weighted by atomic mass is 16.7. The maximum Gasteiger partial charge on any atom is 0.351 e. The maximum absolute atomic E-state index is 14.0. The van der Waals surface area contributed by atoms with Gasteiger partial charge in [0, 0.05) is 47.7 Å². The minimum atomic E-state index is -0.925. The van der Waals surface area contributed by atoms with Crippen LogP contribution in [0.2, 0.25) is 0 Å². The van der Waals surface area contributed by atoms with Gasteiger partial charge >= 0.3 is 11.9 Å². The number of ether oxygens (including phenoxy) is 2. The van der Waals surface area contributed by atoms with Crippen molar-refractivity contribution in [1.82, 2.24) is 10.6 Å². The molecule has 44 heavy (non-hydrogen) atoms. The number of carbonyl (C=O) groups is 4. The maximum atomic E-state index is 14.0. The number of amides is 1. The highest BCUT2D eigenvalue weighted by Gasteiger charge is 2.58. The molecule has 0 spiro atoms. The second-order valence-electron chi connectivity index (χ2n) is 16.5. The number of nitrogens with one attached hydrogen (secondary N) is 2. The highest BCUT2D eigenvalue weighted by molar-refractivity contribution is 5.93. The predicted molar refractivity (Wildman–Crippen MR) is 179 cm³/mol. The lowest BCUT2D eigenvalue weighted by Crippen LogP contribution is -2.56. The van der Waals surface area contributed by atoms with E-state index in [1.54, 1.807) is 6.92 Å². The Hall–Kier alpha value is -1.96. The van der Waals surface area contributed by atoms with Crippen molar-refractivity contribution >= 4 is 23.6 Å². The highest BCUT2D eigenvalue weighted by Crippen LogP contribution is 2.46. The van der Waals surface area contributed by atoms with Gasteiger partial charge in [-0.05, 0) is 58.3 Å². The number of carbonyl (C=O) groups excluding carboxylic acids is 4. The number of hydrogen-bond acceptors (Lipinski definition) is 7. The van der Waals surface area contributed by atoms with Gasteiger partial charge in [-0.25, -0.2) is 9.59 Å². The van der Waals surface area contributed by atoms with Gasteiger partial charge in [0.1, 0.15) is 5.78 Å². The fourth-order valence-electron chi connectivity index (χ4n) is 6.49. The van der Waals surface area contributed by atoms with Crippen molar-refractivity contribution in [3.8, 4) is 0 Å². The lowest BCUT2D eigenvalue weighted by Gasteiger charge is -2.45. The van der Waals surface area contributed by atoms with E-state index in [2.05, 4.69) is 45.3 Å². The number of rotatable bonds is 15. The summed E-state index contributed by atoms with van der Waals surface area (Å²) >= 11 is 0. The van der Waals surface area contributed by atoms with Crippen LogP contribution in [0.25, 0.3) is 0 Å². The summed E-state index contributed by atoms with van der Waals surface area (Å²) in [6.45, 7) is 35.8. The van der Waals surface area contributed by atoms with E-state index in [0.717, 1.165) is 0 Å². The summed E-state index contributed by atoms with van der Waals surface area (Å²) in [6.07, 6.45) is 2.40. The number of hydrogen-bond donors (Lipinski definition) is 2. The molecule has 2 rings (SSSR count). The molecule has 0 bridgehead atoms. The van der Waals surface area contributed by atoms with Crippen LogP contribution in [0.15, 0.2) is 0 Å². The van der Waals surface area contributed by atoms with E-state index < -0.39 is 27.4 Å². The molecule has 0 aliphatic carbocycles. The Kier molecular flexibility index (Phi) is 14.0. The van der Waals surface area contributed by atoms with Crippen molar-refractivity contribution in [3.05, 3.63) is 0 Å². The van der Waals surface area contributed by atoms with Gasteiger partial charge in [0.2, 0.25) is 17.1 Å². The van der Waals surface area contributed by atoms with Crippen LogP contribution in [-0.2, 0) is 28.7 Å². The van der Waals surface area contributed by atoms with Crippen molar-refractivity contribution in [1.29, 1.82) is 0 Å². The van der Waals surface area contributed by atoms with Crippen molar-refractivity contribution in [3.63, 3.8) is 0 Å². The smallest absolute Gasteiger partial charge is 0.351 e. The summed E-state index contributed by atoms with van der Waals surface area (Å²) in [5, 5.41) is 6.97. The molecule has 2 aliphatic heterocycles. The van der Waals surface area contributed by atoms with Crippen molar-refractivity contribution < 1.29 is 28.7 Å². The number of epoxide rings is 2. The summed E-state index contributed by atoms with van der Waals surface area (Å²) in [7, 11) is 0. The molecule has 0 saturated carbocycles. The Bertz CT molecular complexity index is 1020. The number of Topliss-reactive ketones (excluding diaryl/α,β-unsaturated/α-hetero) is 1. The molecule has 8 nitrogen and oxygen atoms in total. The van der Waals surface area contributed by atoms with Crippen LogP contribution < -0.4 is 10.6 Å². The zero-order valence-corrected chi connectivity index (χ0v) is 31.6. The minimum Gasteiger partial charge on any atom is -0.444 e. The van der Waals surface area contributed by atoms with Gasteiger partial charge < -0.3 is 20.1 Å². The molecule has 4 unspecified atom stereocenters. The second-order valence-corrected chi connectivity index (χ2v) is 16.5. The molecular weight excluding hydrogens is 556 g/mol. The first-order chi connectivity index (χ1) is 19.7. The monoisotopic (exact) mass is 625 g/mol. The molecular formula is C36H68N2O6. The Balaban J connectivity index is 0.00000443. The molecule has 2 heterocycles. The molecule has 1 amide bonds. The van der Waals surface area contributed by atoms with E-state index in [4.69, 9.17) is 9.47 Å². The fourth-order valence-corrected chi connectivity index (χ4v) is 6.49. The van der Waals surface area contributed by atoms with Gasteiger partial charge in [-0.15, -0.1) is 0 Å². The Morgan fingerprint density at radius 1 is 0.682 bits per heavy atom. The van der Waals surface area contributed by atoms with Gasteiger partial charge in [0.15, 0.2) is 0 Å². The Morgan fingerprint density at radius 3 is 1.36 bits per heavy atom. The lowest BCUT2D eigenvalue weighted by molar-refractivity contribution is -0.134. The third-order valence-electron chi connectivity index (χ3n) is 8.89. The molecule has 2 N–H and O–H groups in total. The SMILES string of the molecule is CC.CC.CCC(=O)C(C)(C)CC(C)(C)C(CC1(C)OC1=O)NC(=O)C(C)(C)CC(C)(C)C(CC1(C)OC1=O)NC(C)(C)C. The Morgan fingerprint density at radius 2 is 1.02 bits per heavy atom. The number of cyclic esters (lactones) is 2. The van der Waals surface area contributed by atoms with Crippen molar-refractivity contribution in [2.24, 2.45) is 21.7 Å². The quantitative estimate of drug-likeness (QED) is 0.181. The normalized spacial score (nSPS) is 23.0. The topological polar surface area (TPSA) is 117 Å². The molecule has 0 aromatic carbocycles. The van der Waals surface area contributed by atoms with E-state index in [1.165, 1.54) is 0 Å². The first-order valence-electron chi connectivity index (χ1n) is 16.8. The Labute approximate surface area is 269 Å². The van der Waals surface area contributed by atoms with Crippen molar-refractivity contribution in [2.75, 3.05) is 0 Å². The summed E-state index contributed by atoms with van der Waals surface area (Å²) in [5.74, 6) is -0.412. The van der Waals surface area contributed by atoms with Crippen LogP contribution in [0.3, 0.4) is 0 Å². The van der Waals surface area contributed by atoms with Crippen molar-refractivity contribution in [2.45, 2.75) is 186 Å². The molecule has 0 radical (unpaired) electrons. The summed E-state index contributed by atoms with van der Waals surface area (Å²) < 4.78 is 10.6.